The highest BCUT2D eigenvalue weighted by Crippen LogP contribution is 2.46. The third kappa shape index (κ3) is 3.96. The molecule has 0 bridgehead atoms. The fraction of sp³-hybridized carbons (Fsp3) is 0.941. The lowest BCUT2D eigenvalue weighted by molar-refractivity contribution is 0.103. The minimum atomic E-state index is -0.378. The SMILES string of the molecule is CC(C)NC(C)(C#N)CCN1CCC2(CCCC2)CC1. The largest absolute Gasteiger partial charge is 0.303 e. The van der Waals surface area contributed by atoms with E-state index in [1.54, 1.807) is 0 Å². The Morgan fingerprint density at radius 3 is 2.30 bits per heavy atom. The van der Waals surface area contributed by atoms with Crippen molar-refractivity contribution in [1.29, 1.82) is 5.26 Å². The molecular weight excluding hydrogens is 246 g/mol. The lowest BCUT2D eigenvalue weighted by atomic mass is 9.77. The molecule has 1 atom stereocenters. The molecule has 0 amide bonds. The molecule has 1 N–H and O–H groups in total. The lowest BCUT2D eigenvalue weighted by Crippen LogP contribution is -2.48. The highest BCUT2D eigenvalue weighted by Gasteiger charge is 2.37. The quantitative estimate of drug-likeness (QED) is 0.838. The molecule has 1 aliphatic carbocycles. The summed E-state index contributed by atoms with van der Waals surface area (Å²) in [5.41, 5.74) is 0.321. The summed E-state index contributed by atoms with van der Waals surface area (Å²) in [5, 5.41) is 12.8. The number of hydrogen-bond acceptors (Lipinski definition) is 3. The summed E-state index contributed by atoms with van der Waals surface area (Å²) in [6.07, 6.45) is 9.52. The molecule has 2 aliphatic rings. The summed E-state index contributed by atoms with van der Waals surface area (Å²) < 4.78 is 0. The normalized spacial score (nSPS) is 25.8. The van der Waals surface area contributed by atoms with Crippen LogP contribution < -0.4 is 5.32 Å². The van der Waals surface area contributed by atoms with Crippen molar-refractivity contribution >= 4 is 0 Å². The van der Waals surface area contributed by atoms with Crippen LogP contribution in [0.4, 0.5) is 0 Å². The summed E-state index contributed by atoms with van der Waals surface area (Å²) in [5.74, 6) is 0. The number of hydrogen-bond donors (Lipinski definition) is 1. The monoisotopic (exact) mass is 277 g/mol. The van der Waals surface area contributed by atoms with Gasteiger partial charge in [0, 0.05) is 12.6 Å². The van der Waals surface area contributed by atoms with E-state index in [0.29, 0.717) is 11.5 Å². The molecule has 1 aliphatic heterocycles. The highest BCUT2D eigenvalue weighted by atomic mass is 15.1. The Balaban J connectivity index is 1.76. The van der Waals surface area contributed by atoms with Crippen LogP contribution in [0.5, 0.6) is 0 Å². The van der Waals surface area contributed by atoms with Gasteiger partial charge in [-0.05, 0) is 71.4 Å². The summed E-state index contributed by atoms with van der Waals surface area (Å²) >= 11 is 0. The lowest BCUT2D eigenvalue weighted by Gasteiger charge is -2.40. The summed E-state index contributed by atoms with van der Waals surface area (Å²) in [6.45, 7) is 9.79. The van der Waals surface area contributed by atoms with Gasteiger partial charge in [-0.1, -0.05) is 12.8 Å². The molecule has 0 aromatic rings. The van der Waals surface area contributed by atoms with Gasteiger partial charge in [0.15, 0.2) is 0 Å². The molecule has 2 rings (SSSR count). The first-order chi connectivity index (χ1) is 9.47. The Kier molecular flexibility index (Phi) is 5.09. The molecule has 1 saturated carbocycles. The number of rotatable bonds is 5. The van der Waals surface area contributed by atoms with Gasteiger partial charge in [-0.2, -0.15) is 5.26 Å². The van der Waals surface area contributed by atoms with Crippen molar-refractivity contribution < 1.29 is 0 Å². The molecule has 1 spiro atoms. The van der Waals surface area contributed by atoms with Crippen molar-refractivity contribution in [1.82, 2.24) is 10.2 Å². The molecule has 1 saturated heterocycles. The molecule has 1 heterocycles. The number of nitriles is 1. The van der Waals surface area contributed by atoms with E-state index >= 15 is 0 Å². The van der Waals surface area contributed by atoms with E-state index in [9.17, 15) is 5.26 Å². The Hall–Kier alpha value is -0.590. The zero-order valence-electron chi connectivity index (χ0n) is 13.5. The summed E-state index contributed by atoms with van der Waals surface area (Å²) in [4.78, 5) is 2.57. The van der Waals surface area contributed by atoms with Crippen molar-refractivity contribution in [2.45, 2.75) is 77.3 Å². The van der Waals surface area contributed by atoms with E-state index in [-0.39, 0.29) is 5.54 Å². The van der Waals surface area contributed by atoms with Crippen LogP contribution in [0.15, 0.2) is 0 Å². The Bertz CT molecular complexity index is 342. The predicted octanol–water partition coefficient (Wildman–Crippen LogP) is 3.31. The van der Waals surface area contributed by atoms with Gasteiger partial charge in [0.25, 0.3) is 0 Å². The third-order valence-corrected chi connectivity index (χ3v) is 5.36. The van der Waals surface area contributed by atoms with Crippen molar-refractivity contribution in [3.05, 3.63) is 0 Å². The van der Waals surface area contributed by atoms with Gasteiger partial charge in [-0.15, -0.1) is 0 Å². The number of nitrogens with one attached hydrogen (secondary N) is 1. The minimum Gasteiger partial charge on any atom is -0.303 e. The fourth-order valence-corrected chi connectivity index (χ4v) is 4.06. The van der Waals surface area contributed by atoms with Crippen LogP contribution >= 0.6 is 0 Å². The van der Waals surface area contributed by atoms with Crippen LogP contribution in [-0.2, 0) is 0 Å². The maximum atomic E-state index is 9.40. The molecule has 2 fully saturated rings. The molecule has 20 heavy (non-hydrogen) atoms. The van der Waals surface area contributed by atoms with Gasteiger partial charge in [-0.25, -0.2) is 0 Å². The van der Waals surface area contributed by atoms with E-state index in [0.717, 1.165) is 13.0 Å². The van der Waals surface area contributed by atoms with Crippen LogP contribution in [-0.4, -0.2) is 36.1 Å². The van der Waals surface area contributed by atoms with E-state index in [1.807, 2.05) is 6.92 Å². The average Bonchev–Trinajstić information content (AvgIpc) is 2.86. The molecule has 0 radical (unpaired) electrons. The Labute approximate surface area is 124 Å². The van der Waals surface area contributed by atoms with Crippen molar-refractivity contribution in [2.24, 2.45) is 5.41 Å². The molecule has 3 nitrogen and oxygen atoms in total. The molecule has 1 unspecified atom stereocenters. The van der Waals surface area contributed by atoms with Crippen LogP contribution in [0, 0.1) is 16.7 Å². The molecule has 3 heteroatoms. The van der Waals surface area contributed by atoms with Gasteiger partial charge in [-0.3, -0.25) is 5.32 Å². The van der Waals surface area contributed by atoms with Gasteiger partial charge < -0.3 is 4.90 Å². The van der Waals surface area contributed by atoms with Crippen LogP contribution in [0.25, 0.3) is 0 Å². The second-order valence-corrected chi connectivity index (χ2v) is 7.54. The zero-order chi connectivity index (χ0) is 14.6. The van der Waals surface area contributed by atoms with Crippen molar-refractivity contribution in [3.8, 4) is 6.07 Å². The average molecular weight is 277 g/mol. The smallest absolute Gasteiger partial charge is 0.105 e. The Morgan fingerprint density at radius 2 is 1.80 bits per heavy atom. The van der Waals surface area contributed by atoms with E-state index < -0.39 is 0 Å². The highest BCUT2D eigenvalue weighted by molar-refractivity contribution is 5.05. The summed E-state index contributed by atoms with van der Waals surface area (Å²) in [7, 11) is 0. The van der Waals surface area contributed by atoms with Crippen LogP contribution in [0.2, 0.25) is 0 Å². The van der Waals surface area contributed by atoms with Gasteiger partial charge in [0.1, 0.15) is 5.54 Å². The second kappa shape index (κ2) is 6.45. The van der Waals surface area contributed by atoms with E-state index in [2.05, 4.69) is 30.1 Å². The number of likely N-dealkylation sites (tertiary alicyclic amines) is 1. The first kappa shape index (κ1) is 15.8. The second-order valence-electron chi connectivity index (χ2n) is 7.54. The predicted molar refractivity (Wildman–Crippen MR) is 83.5 cm³/mol. The van der Waals surface area contributed by atoms with Gasteiger partial charge >= 0.3 is 0 Å². The molecule has 0 aromatic heterocycles. The van der Waals surface area contributed by atoms with Gasteiger partial charge in [0.2, 0.25) is 0 Å². The van der Waals surface area contributed by atoms with Crippen molar-refractivity contribution in [2.75, 3.05) is 19.6 Å². The van der Waals surface area contributed by atoms with Crippen LogP contribution in [0.1, 0.15) is 65.7 Å². The first-order valence-electron chi connectivity index (χ1n) is 8.38. The van der Waals surface area contributed by atoms with Gasteiger partial charge in [0.05, 0.1) is 6.07 Å². The number of nitrogens with zero attached hydrogens (tertiary/aromatic N) is 2. The summed E-state index contributed by atoms with van der Waals surface area (Å²) in [6, 6.07) is 2.82. The Morgan fingerprint density at radius 1 is 1.20 bits per heavy atom. The number of piperidine rings is 1. The molecule has 114 valence electrons. The topological polar surface area (TPSA) is 39.1 Å². The van der Waals surface area contributed by atoms with Crippen molar-refractivity contribution in [3.63, 3.8) is 0 Å². The minimum absolute atomic E-state index is 0.364. The molecule has 0 aromatic carbocycles. The third-order valence-electron chi connectivity index (χ3n) is 5.36. The standard InChI is InChI=1S/C17H31N3/c1-15(2)19-16(3,14-18)8-11-20-12-9-17(10-13-20)6-4-5-7-17/h15,19H,4-13H2,1-3H3. The van der Waals surface area contributed by atoms with E-state index in [4.69, 9.17) is 0 Å². The zero-order valence-corrected chi connectivity index (χ0v) is 13.5. The van der Waals surface area contributed by atoms with Crippen LogP contribution in [0.3, 0.4) is 0 Å². The maximum absolute atomic E-state index is 9.40. The maximum Gasteiger partial charge on any atom is 0.105 e. The first-order valence-corrected chi connectivity index (χ1v) is 8.38. The molecular formula is C17H31N3. The fourth-order valence-electron chi connectivity index (χ4n) is 4.06. The van der Waals surface area contributed by atoms with E-state index in [1.165, 1.54) is 51.6 Å².